The Morgan fingerprint density at radius 2 is 1.60 bits per heavy atom. The van der Waals surface area contributed by atoms with Crippen molar-refractivity contribution in [1.82, 2.24) is 9.80 Å². The second kappa shape index (κ2) is 11.6. The summed E-state index contributed by atoms with van der Waals surface area (Å²) in [4.78, 5) is 31.4. The van der Waals surface area contributed by atoms with Gasteiger partial charge in [0.05, 0.1) is 33.5 Å². The van der Waals surface area contributed by atoms with Crippen LogP contribution in [0.3, 0.4) is 0 Å². The van der Waals surface area contributed by atoms with Gasteiger partial charge in [0.1, 0.15) is 17.2 Å². The second-order valence-corrected chi connectivity index (χ2v) is 14.8. The highest BCUT2D eigenvalue weighted by atomic mass is 35.5. The lowest BCUT2D eigenvalue weighted by atomic mass is 10.1. The van der Waals surface area contributed by atoms with Crippen LogP contribution in [0.4, 0.5) is 14.9 Å². The third-order valence-corrected chi connectivity index (χ3v) is 10.8. The van der Waals surface area contributed by atoms with Crippen LogP contribution >= 0.6 is 11.6 Å². The fourth-order valence-corrected chi connectivity index (χ4v) is 8.21. The van der Waals surface area contributed by atoms with Crippen molar-refractivity contribution in [3.05, 3.63) is 52.8 Å². The van der Waals surface area contributed by atoms with Crippen molar-refractivity contribution in [3.63, 3.8) is 0 Å². The van der Waals surface area contributed by atoms with Gasteiger partial charge in [-0.1, -0.05) is 11.6 Å². The monoisotopic (exact) mass is 621 g/mol. The van der Waals surface area contributed by atoms with Crippen LogP contribution in [0.15, 0.2) is 41.3 Å². The van der Waals surface area contributed by atoms with E-state index in [1.165, 1.54) is 12.1 Å². The van der Waals surface area contributed by atoms with E-state index in [2.05, 4.69) is 4.90 Å². The number of amides is 2. The second-order valence-electron chi connectivity index (χ2n) is 12.2. The van der Waals surface area contributed by atoms with Crippen molar-refractivity contribution < 1.29 is 31.9 Å². The number of fused-ring (bicyclic) bond motifs is 2. The van der Waals surface area contributed by atoms with Gasteiger partial charge in [0, 0.05) is 38.3 Å². The number of benzene rings is 2. The number of methoxy groups -OCH3 is 1. The smallest absolute Gasteiger partial charge is 0.410 e. The summed E-state index contributed by atoms with van der Waals surface area (Å²) in [5.74, 6) is -0.193. The highest BCUT2D eigenvalue weighted by Gasteiger charge is 2.43. The first kappa shape index (κ1) is 30.4. The van der Waals surface area contributed by atoms with Crippen LogP contribution in [0, 0.1) is 5.82 Å². The molecule has 3 heterocycles. The summed E-state index contributed by atoms with van der Waals surface area (Å²) in [6.45, 7) is 6.86. The van der Waals surface area contributed by atoms with Crippen molar-refractivity contribution in [1.29, 1.82) is 0 Å². The third-order valence-electron chi connectivity index (χ3n) is 8.22. The van der Waals surface area contributed by atoms with E-state index in [4.69, 9.17) is 21.1 Å². The van der Waals surface area contributed by atoms with Crippen LogP contribution in [-0.2, 0) is 14.6 Å². The SMILES string of the molecule is COc1ccc(S(=O)(=O)C2CCN(C(=O)OC(C)(C)C)CC2)cc1N1C2CCC1CN(C(=O)c1ccc(F)cc1Cl)C2. The molecule has 12 heteroatoms. The molecule has 2 unspecified atom stereocenters. The molecule has 3 aliphatic heterocycles. The molecule has 2 aromatic carbocycles. The van der Waals surface area contributed by atoms with Gasteiger partial charge in [0.25, 0.3) is 5.91 Å². The minimum atomic E-state index is -3.69. The number of hydrogen-bond acceptors (Lipinski definition) is 7. The molecule has 2 amide bonds. The molecule has 9 nitrogen and oxygen atoms in total. The Kier molecular flexibility index (Phi) is 8.37. The number of piperazine rings is 1. The lowest BCUT2D eigenvalue weighted by Gasteiger charge is -2.43. The molecular formula is C30H37ClFN3O6S. The molecule has 0 spiro atoms. The molecule has 0 N–H and O–H groups in total. The van der Waals surface area contributed by atoms with E-state index in [1.807, 2.05) is 0 Å². The molecule has 228 valence electrons. The zero-order valence-corrected chi connectivity index (χ0v) is 25.9. The molecule has 2 atom stereocenters. The van der Waals surface area contributed by atoms with Crippen molar-refractivity contribution in [3.8, 4) is 5.75 Å². The molecule has 2 aromatic rings. The summed E-state index contributed by atoms with van der Waals surface area (Å²) in [6.07, 6.45) is 1.87. The number of carbonyl (C=O) groups is 2. The quantitative estimate of drug-likeness (QED) is 0.455. The molecule has 42 heavy (non-hydrogen) atoms. The lowest BCUT2D eigenvalue weighted by molar-refractivity contribution is 0.0217. The number of piperidine rings is 1. The predicted molar refractivity (Wildman–Crippen MR) is 158 cm³/mol. The van der Waals surface area contributed by atoms with Gasteiger partial charge in [-0.25, -0.2) is 17.6 Å². The predicted octanol–water partition coefficient (Wildman–Crippen LogP) is 5.15. The summed E-state index contributed by atoms with van der Waals surface area (Å²) in [5.41, 5.74) is 0.324. The minimum absolute atomic E-state index is 0.0455. The van der Waals surface area contributed by atoms with E-state index in [9.17, 15) is 22.4 Å². The molecule has 0 aromatic heterocycles. The number of rotatable bonds is 5. The van der Waals surface area contributed by atoms with Crippen molar-refractivity contribution in [2.75, 3.05) is 38.2 Å². The largest absolute Gasteiger partial charge is 0.495 e. The van der Waals surface area contributed by atoms with Crippen molar-refractivity contribution in [2.24, 2.45) is 0 Å². The molecule has 3 aliphatic rings. The summed E-state index contributed by atoms with van der Waals surface area (Å²) in [7, 11) is -2.13. The first-order valence-electron chi connectivity index (χ1n) is 14.2. The Labute approximate surface area is 251 Å². The Bertz CT molecular complexity index is 1460. The Morgan fingerprint density at radius 1 is 0.952 bits per heavy atom. The Balaban J connectivity index is 1.33. The van der Waals surface area contributed by atoms with Crippen LogP contribution in [0.5, 0.6) is 5.75 Å². The highest BCUT2D eigenvalue weighted by Crippen LogP contribution is 2.42. The topological polar surface area (TPSA) is 96.5 Å². The van der Waals surface area contributed by atoms with Gasteiger partial charge in [-0.3, -0.25) is 4.79 Å². The van der Waals surface area contributed by atoms with Gasteiger partial charge in [-0.05, 0) is 82.9 Å². The van der Waals surface area contributed by atoms with E-state index < -0.39 is 32.6 Å². The molecule has 0 saturated carbocycles. The van der Waals surface area contributed by atoms with Crippen LogP contribution < -0.4 is 9.64 Å². The van der Waals surface area contributed by atoms with Gasteiger partial charge in [0.2, 0.25) is 0 Å². The zero-order valence-electron chi connectivity index (χ0n) is 24.3. The third kappa shape index (κ3) is 6.04. The lowest BCUT2D eigenvalue weighted by Crippen LogP contribution is -2.55. The zero-order chi connectivity index (χ0) is 30.4. The summed E-state index contributed by atoms with van der Waals surface area (Å²) < 4.78 is 52.2. The minimum Gasteiger partial charge on any atom is -0.495 e. The Morgan fingerprint density at radius 3 is 2.17 bits per heavy atom. The van der Waals surface area contributed by atoms with E-state index in [0.29, 0.717) is 50.5 Å². The van der Waals surface area contributed by atoms with E-state index in [0.717, 1.165) is 18.9 Å². The Hall–Kier alpha value is -3.05. The normalized spacial score (nSPS) is 21.4. The molecular weight excluding hydrogens is 585 g/mol. The van der Waals surface area contributed by atoms with Gasteiger partial charge < -0.3 is 24.2 Å². The molecule has 2 bridgehead atoms. The fraction of sp³-hybridized carbons (Fsp3) is 0.533. The van der Waals surface area contributed by atoms with Crippen molar-refractivity contribution in [2.45, 2.75) is 74.3 Å². The summed E-state index contributed by atoms with van der Waals surface area (Å²) >= 11 is 6.17. The average Bonchev–Trinajstić information content (AvgIpc) is 3.19. The molecule has 0 aliphatic carbocycles. The standard InChI is InChI=1S/C30H37ClFN3O6S/c1-30(2,3)41-29(37)33-13-11-22(12-14-33)42(38,39)23-8-10-27(40-4)26(16-23)35-20-6-7-21(35)18-34(17-20)28(36)24-9-5-19(32)15-25(24)31/h5,8-10,15-16,20-22H,6-7,11-14,17-18H2,1-4H3. The van der Waals surface area contributed by atoms with E-state index in [-0.39, 0.29) is 33.5 Å². The van der Waals surface area contributed by atoms with Gasteiger partial charge in [0.15, 0.2) is 9.84 Å². The first-order chi connectivity index (χ1) is 19.8. The number of ether oxygens (including phenoxy) is 2. The number of hydrogen-bond donors (Lipinski definition) is 0. The average molecular weight is 622 g/mol. The maximum absolute atomic E-state index is 13.8. The van der Waals surface area contributed by atoms with Gasteiger partial charge in [-0.15, -0.1) is 0 Å². The van der Waals surface area contributed by atoms with Crippen molar-refractivity contribution >= 4 is 39.1 Å². The number of anilines is 1. The van der Waals surface area contributed by atoms with Crippen LogP contribution in [0.25, 0.3) is 0 Å². The van der Waals surface area contributed by atoms with Gasteiger partial charge in [-0.2, -0.15) is 0 Å². The number of likely N-dealkylation sites (tertiary alicyclic amines) is 2. The van der Waals surface area contributed by atoms with Crippen LogP contribution in [-0.4, -0.2) is 86.4 Å². The van der Waals surface area contributed by atoms with E-state index >= 15 is 0 Å². The number of nitrogens with zero attached hydrogens (tertiary/aromatic N) is 3. The summed E-state index contributed by atoms with van der Waals surface area (Å²) in [6, 6.07) is 8.63. The number of carbonyl (C=O) groups excluding carboxylic acids is 2. The molecule has 3 fully saturated rings. The molecule has 5 rings (SSSR count). The fourth-order valence-electron chi connectivity index (χ4n) is 6.21. The first-order valence-corrected chi connectivity index (χ1v) is 16.1. The molecule has 3 saturated heterocycles. The highest BCUT2D eigenvalue weighted by molar-refractivity contribution is 7.92. The van der Waals surface area contributed by atoms with Gasteiger partial charge >= 0.3 is 6.09 Å². The number of sulfone groups is 1. The maximum Gasteiger partial charge on any atom is 0.410 e. The van der Waals surface area contributed by atoms with Crippen LogP contribution in [0.1, 0.15) is 56.8 Å². The molecule has 0 radical (unpaired) electrons. The van der Waals surface area contributed by atoms with Crippen LogP contribution in [0.2, 0.25) is 5.02 Å². The maximum atomic E-state index is 13.8. The van der Waals surface area contributed by atoms with E-state index in [1.54, 1.807) is 55.9 Å². The number of halogens is 2. The summed E-state index contributed by atoms with van der Waals surface area (Å²) in [5, 5.41) is -0.546.